The average molecular weight is 333 g/mol. The zero-order chi connectivity index (χ0) is 15.4. The Morgan fingerprint density at radius 2 is 2.05 bits per heavy atom. The smallest absolute Gasteiger partial charge is 0.227 e. The maximum atomic E-state index is 12.1. The van der Waals surface area contributed by atoms with Crippen molar-refractivity contribution in [3.05, 3.63) is 47.6 Å². The summed E-state index contributed by atoms with van der Waals surface area (Å²) < 4.78 is 0. The van der Waals surface area contributed by atoms with Gasteiger partial charge in [-0.15, -0.1) is 0 Å². The Labute approximate surface area is 139 Å². The fraction of sp³-hybridized carbons (Fsp3) is 0.294. The van der Waals surface area contributed by atoms with Gasteiger partial charge >= 0.3 is 0 Å². The molecule has 5 heteroatoms. The molecule has 1 aliphatic rings. The molecule has 1 aromatic carbocycles. The molecular weight excluding hydrogens is 316 g/mol. The van der Waals surface area contributed by atoms with Gasteiger partial charge in [0.2, 0.25) is 5.91 Å². The van der Waals surface area contributed by atoms with Crippen LogP contribution in [0.3, 0.4) is 0 Å². The molecule has 0 atom stereocenters. The number of hydrogen-bond donors (Lipinski definition) is 1. The van der Waals surface area contributed by atoms with Crippen LogP contribution in [0, 0.1) is 5.92 Å². The Kier molecular flexibility index (Phi) is 5.01. The zero-order valence-corrected chi connectivity index (χ0v) is 13.7. The predicted molar refractivity (Wildman–Crippen MR) is 90.4 cm³/mol. The average Bonchev–Trinajstić information content (AvgIpc) is 3.05. The molecule has 1 aliphatic carbocycles. The fourth-order valence-electron chi connectivity index (χ4n) is 2.61. The topological polar surface area (TPSA) is 42.0 Å². The summed E-state index contributed by atoms with van der Waals surface area (Å²) in [5, 5.41) is 4.49. The molecule has 0 bridgehead atoms. The van der Waals surface area contributed by atoms with Gasteiger partial charge in [-0.3, -0.25) is 4.79 Å². The van der Waals surface area contributed by atoms with Gasteiger partial charge in [-0.25, -0.2) is 4.98 Å². The molecule has 1 aromatic heterocycles. The molecule has 3 nitrogen and oxygen atoms in total. The van der Waals surface area contributed by atoms with E-state index < -0.39 is 0 Å². The quantitative estimate of drug-likeness (QED) is 0.855. The number of benzene rings is 1. The van der Waals surface area contributed by atoms with Crippen molar-refractivity contribution < 1.29 is 4.79 Å². The number of rotatable bonds is 4. The number of aromatic nitrogens is 1. The van der Waals surface area contributed by atoms with Crippen LogP contribution >= 0.6 is 23.4 Å². The third-order valence-electron chi connectivity index (χ3n) is 3.78. The summed E-state index contributed by atoms with van der Waals surface area (Å²) in [4.78, 5) is 17.3. The molecule has 2 aromatic rings. The lowest BCUT2D eigenvalue weighted by Crippen LogP contribution is -2.20. The number of amides is 1. The van der Waals surface area contributed by atoms with Crippen molar-refractivity contribution in [2.45, 2.75) is 35.6 Å². The molecule has 0 radical (unpaired) electrons. The van der Waals surface area contributed by atoms with Crippen LogP contribution < -0.4 is 5.32 Å². The van der Waals surface area contributed by atoms with Crippen molar-refractivity contribution in [1.82, 2.24) is 4.98 Å². The number of nitrogens with one attached hydrogen (secondary N) is 1. The number of pyridine rings is 1. The van der Waals surface area contributed by atoms with E-state index in [2.05, 4.69) is 10.3 Å². The maximum absolute atomic E-state index is 12.1. The summed E-state index contributed by atoms with van der Waals surface area (Å²) in [6.45, 7) is 0. The molecule has 0 aliphatic heterocycles. The normalized spacial score (nSPS) is 15.0. The summed E-state index contributed by atoms with van der Waals surface area (Å²) >= 11 is 7.83. The van der Waals surface area contributed by atoms with Crippen LogP contribution in [0.15, 0.2) is 52.5 Å². The summed E-state index contributed by atoms with van der Waals surface area (Å²) in [7, 11) is 0. The van der Waals surface area contributed by atoms with Crippen LogP contribution in [-0.4, -0.2) is 10.9 Å². The molecule has 1 saturated carbocycles. The molecule has 22 heavy (non-hydrogen) atoms. The highest BCUT2D eigenvalue weighted by molar-refractivity contribution is 7.99. The minimum Gasteiger partial charge on any atom is -0.326 e. The third kappa shape index (κ3) is 3.81. The number of nitrogens with zero attached hydrogens (tertiary/aromatic N) is 1. The third-order valence-corrected chi connectivity index (χ3v) is 5.23. The highest BCUT2D eigenvalue weighted by atomic mass is 35.5. The van der Waals surface area contributed by atoms with Crippen molar-refractivity contribution in [2.24, 2.45) is 5.92 Å². The maximum Gasteiger partial charge on any atom is 0.227 e. The van der Waals surface area contributed by atoms with Gasteiger partial charge in [-0.1, -0.05) is 42.3 Å². The van der Waals surface area contributed by atoms with E-state index in [1.807, 2.05) is 30.3 Å². The number of anilines is 1. The molecule has 0 unspecified atom stereocenters. The Bertz CT molecular complexity index is 657. The molecule has 114 valence electrons. The van der Waals surface area contributed by atoms with E-state index in [1.54, 1.807) is 12.3 Å². The molecule has 1 fully saturated rings. The van der Waals surface area contributed by atoms with Crippen molar-refractivity contribution in [3.8, 4) is 0 Å². The second-order valence-electron chi connectivity index (χ2n) is 5.39. The van der Waals surface area contributed by atoms with Gasteiger partial charge in [-0.2, -0.15) is 0 Å². The van der Waals surface area contributed by atoms with Gasteiger partial charge in [0.05, 0.1) is 5.02 Å². The predicted octanol–water partition coefficient (Wildman–Crippen LogP) is 5.01. The lowest BCUT2D eigenvalue weighted by Gasteiger charge is -2.11. The van der Waals surface area contributed by atoms with Crippen LogP contribution in [0.25, 0.3) is 0 Å². The van der Waals surface area contributed by atoms with E-state index in [1.165, 1.54) is 11.8 Å². The zero-order valence-electron chi connectivity index (χ0n) is 12.1. The van der Waals surface area contributed by atoms with Crippen molar-refractivity contribution in [3.63, 3.8) is 0 Å². The first-order valence-electron chi connectivity index (χ1n) is 7.42. The monoisotopic (exact) mass is 332 g/mol. The highest BCUT2D eigenvalue weighted by Crippen LogP contribution is 2.34. The Morgan fingerprint density at radius 1 is 1.23 bits per heavy atom. The summed E-state index contributed by atoms with van der Waals surface area (Å²) in [6.07, 6.45) is 6.05. The standard InChI is InChI=1S/C17H17ClN2OS/c18-14-11-13(20-17(21)12-5-1-2-6-12)8-9-15(14)22-16-7-3-4-10-19-16/h3-4,7-12H,1-2,5-6H2,(H,20,21). The number of hydrogen-bond acceptors (Lipinski definition) is 3. The Balaban J connectivity index is 1.68. The number of halogens is 1. The lowest BCUT2D eigenvalue weighted by atomic mass is 10.1. The first-order valence-corrected chi connectivity index (χ1v) is 8.61. The van der Waals surface area contributed by atoms with Gasteiger partial charge in [0.1, 0.15) is 5.03 Å². The van der Waals surface area contributed by atoms with E-state index in [0.29, 0.717) is 5.02 Å². The van der Waals surface area contributed by atoms with E-state index in [4.69, 9.17) is 11.6 Å². The SMILES string of the molecule is O=C(Nc1ccc(Sc2ccccn2)c(Cl)c1)C1CCCC1. The van der Waals surface area contributed by atoms with E-state index in [-0.39, 0.29) is 11.8 Å². The number of carbonyl (C=O) groups is 1. The van der Waals surface area contributed by atoms with Gasteiger partial charge in [-0.05, 0) is 43.2 Å². The van der Waals surface area contributed by atoms with E-state index >= 15 is 0 Å². The van der Waals surface area contributed by atoms with Gasteiger partial charge in [0.25, 0.3) is 0 Å². The summed E-state index contributed by atoms with van der Waals surface area (Å²) in [5.74, 6) is 0.264. The lowest BCUT2D eigenvalue weighted by molar-refractivity contribution is -0.119. The molecule has 1 N–H and O–H groups in total. The van der Waals surface area contributed by atoms with Crippen LogP contribution in [0.2, 0.25) is 5.02 Å². The van der Waals surface area contributed by atoms with Gasteiger partial charge in [0, 0.05) is 22.7 Å². The minimum absolute atomic E-state index is 0.110. The second-order valence-corrected chi connectivity index (χ2v) is 6.86. The molecule has 1 heterocycles. The molecule has 0 spiro atoms. The van der Waals surface area contributed by atoms with Gasteiger partial charge < -0.3 is 5.32 Å². The fourth-order valence-corrected chi connectivity index (χ4v) is 3.69. The first kappa shape index (κ1) is 15.4. The van der Waals surface area contributed by atoms with E-state index in [9.17, 15) is 4.79 Å². The van der Waals surface area contributed by atoms with Crippen molar-refractivity contribution in [1.29, 1.82) is 0 Å². The second kappa shape index (κ2) is 7.16. The molecule has 1 amide bonds. The van der Waals surface area contributed by atoms with Gasteiger partial charge in [0.15, 0.2) is 0 Å². The van der Waals surface area contributed by atoms with Crippen molar-refractivity contribution in [2.75, 3.05) is 5.32 Å². The minimum atomic E-state index is 0.110. The van der Waals surface area contributed by atoms with Crippen LogP contribution in [0.1, 0.15) is 25.7 Å². The van der Waals surface area contributed by atoms with E-state index in [0.717, 1.165) is 41.3 Å². The summed E-state index contributed by atoms with van der Waals surface area (Å²) in [5.41, 5.74) is 0.757. The van der Waals surface area contributed by atoms with Crippen LogP contribution in [0.4, 0.5) is 5.69 Å². The Morgan fingerprint density at radius 3 is 2.73 bits per heavy atom. The largest absolute Gasteiger partial charge is 0.326 e. The molecular formula is C17H17ClN2OS. The van der Waals surface area contributed by atoms with Crippen LogP contribution in [-0.2, 0) is 4.79 Å². The molecule has 0 saturated heterocycles. The number of carbonyl (C=O) groups excluding carboxylic acids is 1. The van der Waals surface area contributed by atoms with Crippen LogP contribution in [0.5, 0.6) is 0 Å². The highest BCUT2D eigenvalue weighted by Gasteiger charge is 2.22. The summed E-state index contributed by atoms with van der Waals surface area (Å²) in [6, 6.07) is 11.4. The molecule has 3 rings (SSSR count). The Hall–Kier alpha value is -1.52. The first-order chi connectivity index (χ1) is 10.7. The van der Waals surface area contributed by atoms with Crippen molar-refractivity contribution >= 4 is 35.0 Å².